The van der Waals surface area contributed by atoms with Crippen LogP contribution in [0, 0.1) is 12.7 Å². The van der Waals surface area contributed by atoms with Crippen LogP contribution >= 0.6 is 0 Å². The lowest BCUT2D eigenvalue weighted by atomic mass is 10.1. The number of hydrogen-bond donors (Lipinski definition) is 0. The quantitative estimate of drug-likeness (QED) is 0.603. The third-order valence-electron chi connectivity index (χ3n) is 4.91. The second-order valence-corrected chi connectivity index (χ2v) is 7.34. The Bertz CT molecular complexity index is 975. The maximum absolute atomic E-state index is 13.7. The van der Waals surface area contributed by atoms with Gasteiger partial charge in [-0.15, -0.1) is 0 Å². The van der Waals surface area contributed by atoms with Gasteiger partial charge in [0.2, 0.25) is 11.7 Å². The summed E-state index contributed by atoms with van der Waals surface area (Å²) >= 11 is 0. The number of halogens is 1. The molecule has 7 heteroatoms. The molecule has 3 aromatic rings. The predicted octanol–water partition coefficient (Wildman–Crippen LogP) is 3.89. The van der Waals surface area contributed by atoms with E-state index in [0.717, 1.165) is 31.0 Å². The number of nitrogens with zero attached hydrogens (tertiary/aromatic N) is 3. The topological polar surface area (TPSA) is 60.6 Å². The zero-order valence-electron chi connectivity index (χ0n) is 16.6. The van der Waals surface area contributed by atoms with Gasteiger partial charge in [0.25, 0.3) is 0 Å². The number of aromatic nitrogens is 2. The van der Waals surface area contributed by atoms with Gasteiger partial charge in [0, 0.05) is 18.5 Å². The third-order valence-corrected chi connectivity index (χ3v) is 4.91. The summed E-state index contributed by atoms with van der Waals surface area (Å²) in [5, 5.41) is 3.97. The van der Waals surface area contributed by atoms with Crippen molar-refractivity contribution >= 4 is 0 Å². The van der Waals surface area contributed by atoms with E-state index in [9.17, 15) is 4.39 Å². The lowest BCUT2D eigenvalue weighted by Crippen LogP contribution is -2.39. The van der Waals surface area contributed by atoms with Crippen molar-refractivity contribution < 1.29 is 18.4 Å². The molecule has 0 aliphatic carbocycles. The number of likely N-dealkylation sites (N-methyl/N-ethyl adjacent to an activating group) is 1. The number of aryl methyl sites for hydroxylation is 2. The van der Waals surface area contributed by atoms with E-state index in [2.05, 4.69) is 22.1 Å². The molecule has 0 amide bonds. The van der Waals surface area contributed by atoms with Crippen molar-refractivity contribution in [2.24, 2.45) is 0 Å². The molecule has 0 bridgehead atoms. The van der Waals surface area contributed by atoms with E-state index in [1.165, 1.54) is 6.07 Å². The van der Waals surface area contributed by atoms with E-state index in [1.54, 1.807) is 19.1 Å². The van der Waals surface area contributed by atoms with Crippen LogP contribution in [0.4, 0.5) is 4.39 Å². The van der Waals surface area contributed by atoms with Gasteiger partial charge in [0.1, 0.15) is 18.5 Å². The number of fused-ring (bicyclic) bond motifs is 1. The molecule has 6 nitrogen and oxygen atoms in total. The van der Waals surface area contributed by atoms with Gasteiger partial charge in [-0.25, -0.2) is 4.39 Å². The molecule has 2 aromatic carbocycles. The summed E-state index contributed by atoms with van der Waals surface area (Å²) < 4.78 is 30.8. The molecule has 0 saturated heterocycles. The van der Waals surface area contributed by atoms with Crippen LogP contribution < -0.4 is 9.47 Å². The summed E-state index contributed by atoms with van der Waals surface area (Å²) in [5.41, 5.74) is 1.21. The Morgan fingerprint density at radius 2 is 2.00 bits per heavy atom. The lowest BCUT2D eigenvalue weighted by Gasteiger charge is -2.29. The average molecular weight is 397 g/mol. The first-order valence-electron chi connectivity index (χ1n) is 9.74. The fourth-order valence-corrected chi connectivity index (χ4v) is 3.30. The summed E-state index contributed by atoms with van der Waals surface area (Å²) in [5.74, 6) is 2.29. The molecule has 0 N–H and O–H groups in total. The van der Waals surface area contributed by atoms with Crippen LogP contribution in [0.25, 0.3) is 11.4 Å². The summed E-state index contributed by atoms with van der Waals surface area (Å²) in [6.45, 7) is 3.90. The minimum absolute atomic E-state index is 0.00124. The van der Waals surface area contributed by atoms with Crippen LogP contribution in [0.1, 0.15) is 17.9 Å². The minimum atomic E-state index is -0.271. The van der Waals surface area contributed by atoms with E-state index >= 15 is 0 Å². The largest absolute Gasteiger partial charge is 0.486 e. The molecule has 0 spiro atoms. The number of benzene rings is 2. The molecule has 1 aliphatic heterocycles. The van der Waals surface area contributed by atoms with Crippen molar-refractivity contribution in [2.75, 3.05) is 26.7 Å². The van der Waals surface area contributed by atoms with E-state index in [1.807, 2.05) is 24.3 Å². The Kier molecular flexibility index (Phi) is 5.76. The molecule has 1 aliphatic rings. The Labute approximate surface area is 169 Å². The molecule has 0 radical (unpaired) electrons. The van der Waals surface area contributed by atoms with Crippen LogP contribution in [0.3, 0.4) is 0 Å². The molecular formula is C22H24FN3O3. The molecular weight excluding hydrogens is 373 g/mol. The number of hydrogen-bond acceptors (Lipinski definition) is 6. The summed E-state index contributed by atoms with van der Waals surface area (Å²) in [4.78, 5) is 6.58. The zero-order chi connectivity index (χ0) is 20.2. The van der Waals surface area contributed by atoms with Crippen molar-refractivity contribution in [3.8, 4) is 22.9 Å². The van der Waals surface area contributed by atoms with Crippen molar-refractivity contribution in [2.45, 2.75) is 25.9 Å². The second kappa shape index (κ2) is 8.61. The molecule has 29 heavy (non-hydrogen) atoms. The van der Waals surface area contributed by atoms with E-state index in [0.29, 0.717) is 35.9 Å². The van der Waals surface area contributed by atoms with Gasteiger partial charge >= 0.3 is 0 Å². The lowest BCUT2D eigenvalue weighted by molar-refractivity contribution is 0.0651. The maximum atomic E-state index is 13.7. The van der Waals surface area contributed by atoms with Crippen LogP contribution in [-0.4, -0.2) is 47.9 Å². The van der Waals surface area contributed by atoms with Crippen LogP contribution in [0.2, 0.25) is 0 Å². The van der Waals surface area contributed by atoms with Gasteiger partial charge < -0.3 is 18.9 Å². The molecule has 152 valence electrons. The molecule has 1 unspecified atom stereocenters. The van der Waals surface area contributed by atoms with Gasteiger partial charge in [-0.1, -0.05) is 29.4 Å². The highest BCUT2D eigenvalue weighted by Crippen LogP contribution is 2.31. The fourth-order valence-electron chi connectivity index (χ4n) is 3.30. The molecule has 4 rings (SSSR count). The Hall–Kier alpha value is -2.93. The van der Waals surface area contributed by atoms with Gasteiger partial charge in [-0.3, -0.25) is 0 Å². The van der Waals surface area contributed by atoms with Crippen molar-refractivity contribution in [1.82, 2.24) is 15.0 Å². The van der Waals surface area contributed by atoms with Crippen molar-refractivity contribution in [1.29, 1.82) is 0 Å². The summed E-state index contributed by atoms with van der Waals surface area (Å²) in [6.07, 6.45) is 1.53. The first-order chi connectivity index (χ1) is 14.1. The third kappa shape index (κ3) is 4.74. The second-order valence-electron chi connectivity index (χ2n) is 7.34. The monoisotopic (exact) mass is 397 g/mol. The average Bonchev–Trinajstić information content (AvgIpc) is 3.19. The molecule has 0 saturated carbocycles. The number of para-hydroxylation sites is 2. The molecule has 1 aromatic heterocycles. The van der Waals surface area contributed by atoms with Crippen LogP contribution in [0.5, 0.6) is 11.5 Å². The smallest absolute Gasteiger partial charge is 0.227 e. The van der Waals surface area contributed by atoms with Gasteiger partial charge in [-0.2, -0.15) is 4.98 Å². The van der Waals surface area contributed by atoms with Crippen LogP contribution in [-0.2, 0) is 6.42 Å². The van der Waals surface area contributed by atoms with Crippen molar-refractivity contribution in [3.63, 3.8) is 0 Å². The SMILES string of the molecule is Cc1ccc(-c2noc(CCCN(C)CC3COc4ccccc4O3)n2)cc1F. The first kappa shape index (κ1) is 19.4. The van der Waals surface area contributed by atoms with Crippen LogP contribution in [0.15, 0.2) is 47.0 Å². The van der Waals surface area contributed by atoms with Gasteiger partial charge in [0.05, 0.1) is 0 Å². The maximum Gasteiger partial charge on any atom is 0.227 e. The Morgan fingerprint density at radius 3 is 2.83 bits per heavy atom. The normalized spacial score (nSPS) is 15.7. The molecule has 2 heterocycles. The van der Waals surface area contributed by atoms with Crippen molar-refractivity contribution in [3.05, 3.63) is 59.7 Å². The summed E-state index contributed by atoms with van der Waals surface area (Å²) in [7, 11) is 2.05. The fraction of sp³-hybridized carbons (Fsp3) is 0.364. The Morgan fingerprint density at radius 1 is 1.17 bits per heavy atom. The highest BCUT2D eigenvalue weighted by molar-refractivity contribution is 5.54. The standard InChI is InChI=1S/C22H24FN3O3/c1-15-9-10-16(12-18(15)23)22-24-21(29-25-22)8-5-11-26(2)13-17-14-27-19-6-3-4-7-20(19)28-17/h3-4,6-7,9-10,12,17H,5,8,11,13-14H2,1-2H3. The predicted molar refractivity (Wildman–Crippen MR) is 107 cm³/mol. The number of rotatable bonds is 7. The van der Waals surface area contributed by atoms with Gasteiger partial charge in [-0.05, 0) is 50.7 Å². The van der Waals surface area contributed by atoms with E-state index in [4.69, 9.17) is 14.0 Å². The number of ether oxygens (including phenoxy) is 2. The first-order valence-corrected chi connectivity index (χ1v) is 9.74. The van der Waals surface area contributed by atoms with E-state index in [-0.39, 0.29) is 11.9 Å². The summed E-state index contributed by atoms with van der Waals surface area (Å²) in [6, 6.07) is 12.7. The minimum Gasteiger partial charge on any atom is -0.486 e. The highest BCUT2D eigenvalue weighted by atomic mass is 19.1. The molecule has 0 fully saturated rings. The Balaban J connectivity index is 1.24. The highest BCUT2D eigenvalue weighted by Gasteiger charge is 2.21. The van der Waals surface area contributed by atoms with E-state index < -0.39 is 0 Å². The molecule has 1 atom stereocenters. The van der Waals surface area contributed by atoms with Gasteiger partial charge in [0.15, 0.2) is 11.5 Å². The zero-order valence-corrected chi connectivity index (χ0v) is 16.6.